The fourth-order valence-electron chi connectivity index (χ4n) is 1.91. The Morgan fingerprint density at radius 2 is 2.10 bits per heavy atom. The molecule has 0 saturated carbocycles. The zero-order chi connectivity index (χ0) is 14.5. The molecule has 2 aromatic rings. The Bertz CT molecular complexity index is 655. The summed E-state index contributed by atoms with van der Waals surface area (Å²) >= 11 is 3.34. The number of anilines is 1. The van der Waals surface area contributed by atoms with Gasteiger partial charge >= 0.3 is 0 Å². The lowest BCUT2D eigenvalue weighted by atomic mass is 10.2. The van der Waals surface area contributed by atoms with Crippen molar-refractivity contribution in [2.24, 2.45) is 0 Å². The van der Waals surface area contributed by atoms with Gasteiger partial charge in [0.05, 0.1) is 5.69 Å². The van der Waals surface area contributed by atoms with Gasteiger partial charge in [-0.05, 0) is 30.2 Å². The summed E-state index contributed by atoms with van der Waals surface area (Å²) in [6, 6.07) is 7.91. The van der Waals surface area contributed by atoms with E-state index in [9.17, 15) is 9.18 Å². The first kappa shape index (κ1) is 14.8. The number of benzene rings is 1. The van der Waals surface area contributed by atoms with Crippen molar-refractivity contribution in [3.05, 3.63) is 62.7 Å². The number of nitrogens with zero attached hydrogens (tertiary/aromatic N) is 1. The first-order valence-corrected chi connectivity index (χ1v) is 7.27. The van der Waals surface area contributed by atoms with E-state index in [-0.39, 0.29) is 11.4 Å². The summed E-state index contributed by atoms with van der Waals surface area (Å²) in [5.41, 5.74) is 1.83. The fourth-order valence-corrected chi connectivity index (χ4v) is 2.40. The number of hydrogen-bond acceptors (Lipinski definition) is 2. The average Bonchev–Trinajstić information content (AvgIpc) is 2.41. The molecular weight excluding hydrogens is 323 g/mol. The largest absolute Gasteiger partial charge is 0.380 e. The molecule has 106 valence electrons. The lowest BCUT2D eigenvalue weighted by Crippen LogP contribution is -2.18. The number of nitrogens with one attached hydrogen (secondary N) is 1. The van der Waals surface area contributed by atoms with E-state index >= 15 is 0 Å². The standard InChI is InChI=1S/C15H16BrFN2O/c1-2-7-19-10-13(5-6-15(19)20)18-9-11-3-4-12(17)8-14(11)16/h3-6,8,10,18H,2,7,9H2,1H3. The lowest BCUT2D eigenvalue weighted by Gasteiger charge is -2.10. The summed E-state index contributed by atoms with van der Waals surface area (Å²) in [6.45, 7) is 3.29. The molecule has 0 fully saturated rings. The van der Waals surface area contributed by atoms with Gasteiger partial charge in [0.25, 0.3) is 5.56 Å². The van der Waals surface area contributed by atoms with Crippen molar-refractivity contribution >= 4 is 21.6 Å². The summed E-state index contributed by atoms with van der Waals surface area (Å²) in [5.74, 6) is -0.267. The van der Waals surface area contributed by atoms with E-state index in [0.29, 0.717) is 13.1 Å². The van der Waals surface area contributed by atoms with Crippen molar-refractivity contribution in [3.8, 4) is 0 Å². The van der Waals surface area contributed by atoms with E-state index in [0.717, 1.165) is 22.1 Å². The van der Waals surface area contributed by atoms with Crippen LogP contribution in [-0.2, 0) is 13.1 Å². The minimum Gasteiger partial charge on any atom is -0.380 e. The summed E-state index contributed by atoms with van der Waals surface area (Å²) in [6.07, 6.45) is 2.72. The van der Waals surface area contributed by atoms with Crippen LogP contribution in [0.15, 0.2) is 45.8 Å². The first-order chi connectivity index (χ1) is 9.60. The third kappa shape index (κ3) is 3.70. The van der Waals surface area contributed by atoms with Crippen LogP contribution >= 0.6 is 15.9 Å². The highest BCUT2D eigenvalue weighted by Crippen LogP contribution is 2.19. The van der Waals surface area contributed by atoms with Crippen LogP contribution in [0.25, 0.3) is 0 Å². The van der Waals surface area contributed by atoms with Crippen LogP contribution in [0, 0.1) is 5.82 Å². The number of aromatic nitrogens is 1. The molecule has 0 spiro atoms. The molecule has 0 unspecified atom stereocenters. The van der Waals surface area contributed by atoms with Crippen molar-refractivity contribution < 1.29 is 4.39 Å². The number of pyridine rings is 1. The molecule has 0 saturated heterocycles. The molecule has 3 nitrogen and oxygen atoms in total. The quantitative estimate of drug-likeness (QED) is 0.900. The zero-order valence-corrected chi connectivity index (χ0v) is 12.8. The molecule has 1 heterocycles. The van der Waals surface area contributed by atoms with Crippen LogP contribution in [-0.4, -0.2) is 4.57 Å². The van der Waals surface area contributed by atoms with Gasteiger partial charge < -0.3 is 9.88 Å². The van der Waals surface area contributed by atoms with Gasteiger partial charge in [-0.3, -0.25) is 4.79 Å². The Balaban J connectivity index is 2.10. The van der Waals surface area contributed by atoms with E-state index in [4.69, 9.17) is 0 Å². The normalized spacial score (nSPS) is 10.6. The second-order valence-electron chi connectivity index (χ2n) is 4.54. The minimum absolute atomic E-state index is 0.000336. The van der Waals surface area contributed by atoms with E-state index in [1.165, 1.54) is 12.1 Å². The van der Waals surface area contributed by atoms with E-state index in [1.807, 2.05) is 13.1 Å². The SMILES string of the molecule is CCCn1cc(NCc2ccc(F)cc2Br)ccc1=O. The van der Waals surface area contributed by atoms with Crippen molar-refractivity contribution in [1.82, 2.24) is 4.57 Å². The number of hydrogen-bond donors (Lipinski definition) is 1. The maximum Gasteiger partial charge on any atom is 0.250 e. The monoisotopic (exact) mass is 338 g/mol. The molecule has 5 heteroatoms. The van der Waals surface area contributed by atoms with Crippen molar-refractivity contribution in [2.75, 3.05) is 5.32 Å². The molecule has 0 amide bonds. The number of rotatable bonds is 5. The third-order valence-corrected chi connectivity index (χ3v) is 3.68. The van der Waals surface area contributed by atoms with Crippen LogP contribution in [0.5, 0.6) is 0 Å². The molecule has 0 bridgehead atoms. The highest BCUT2D eigenvalue weighted by atomic mass is 79.9. The second-order valence-corrected chi connectivity index (χ2v) is 5.39. The molecule has 1 aromatic heterocycles. The molecule has 20 heavy (non-hydrogen) atoms. The van der Waals surface area contributed by atoms with Gasteiger partial charge in [-0.2, -0.15) is 0 Å². The average molecular weight is 339 g/mol. The third-order valence-electron chi connectivity index (χ3n) is 2.95. The van der Waals surface area contributed by atoms with Crippen LogP contribution < -0.4 is 10.9 Å². The summed E-state index contributed by atoms with van der Waals surface area (Å²) < 4.78 is 15.4. The highest BCUT2D eigenvalue weighted by molar-refractivity contribution is 9.10. The maximum absolute atomic E-state index is 13.0. The van der Waals surface area contributed by atoms with Crippen molar-refractivity contribution in [3.63, 3.8) is 0 Å². The Hall–Kier alpha value is -1.62. The van der Waals surface area contributed by atoms with Gasteiger partial charge in [0.15, 0.2) is 0 Å². The molecular formula is C15H16BrFN2O. The summed E-state index contributed by atoms with van der Waals surface area (Å²) in [5, 5.41) is 3.24. The summed E-state index contributed by atoms with van der Waals surface area (Å²) in [7, 11) is 0. The number of halogens is 2. The van der Waals surface area contributed by atoms with Crippen molar-refractivity contribution in [1.29, 1.82) is 0 Å². The summed E-state index contributed by atoms with van der Waals surface area (Å²) in [4.78, 5) is 11.6. The first-order valence-electron chi connectivity index (χ1n) is 6.48. The van der Waals surface area contributed by atoms with Gasteiger partial charge in [0.1, 0.15) is 5.82 Å². The van der Waals surface area contributed by atoms with Gasteiger partial charge in [-0.1, -0.05) is 28.9 Å². The van der Waals surface area contributed by atoms with Gasteiger partial charge in [0, 0.05) is 29.8 Å². The molecule has 0 aliphatic heterocycles. The molecule has 0 radical (unpaired) electrons. The lowest BCUT2D eigenvalue weighted by molar-refractivity contribution is 0.626. The molecule has 2 rings (SSSR count). The van der Waals surface area contributed by atoms with Gasteiger partial charge in [0.2, 0.25) is 0 Å². The molecule has 0 aliphatic carbocycles. The van der Waals surface area contributed by atoms with Crippen LogP contribution in [0.2, 0.25) is 0 Å². The maximum atomic E-state index is 13.0. The van der Waals surface area contributed by atoms with Gasteiger partial charge in [-0.25, -0.2) is 4.39 Å². The Kier molecular flexibility index (Phi) is 4.95. The van der Waals surface area contributed by atoms with Crippen molar-refractivity contribution in [2.45, 2.75) is 26.4 Å². The van der Waals surface area contributed by atoms with Gasteiger partial charge in [-0.15, -0.1) is 0 Å². The molecule has 0 atom stereocenters. The van der Waals surface area contributed by atoms with Crippen LogP contribution in [0.4, 0.5) is 10.1 Å². The van der Waals surface area contributed by atoms with Crippen LogP contribution in [0.3, 0.4) is 0 Å². The predicted molar refractivity (Wildman–Crippen MR) is 82.4 cm³/mol. The number of aryl methyl sites for hydroxylation is 1. The predicted octanol–water partition coefficient (Wildman–Crippen LogP) is 3.77. The smallest absolute Gasteiger partial charge is 0.250 e. The van der Waals surface area contributed by atoms with E-state index in [2.05, 4.69) is 21.2 Å². The molecule has 1 aromatic carbocycles. The molecule has 0 aliphatic rings. The van der Waals surface area contributed by atoms with E-state index in [1.54, 1.807) is 22.8 Å². The second kappa shape index (κ2) is 6.70. The fraction of sp³-hybridized carbons (Fsp3) is 0.267. The topological polar surface area (TPSA) is 34.0 Å². The Morgan fingerprint density at radius 1 is 1.30 bits per heavy atom. The Morgan fingerprint density at radius 3 is 2.80 bits per heavy atom. The zero-order valence-electron chi connectivity index (χ0n) is 11.2. The highest BCUT2D eigenvalue weighted by Gasteiger charge is 2.02. The Labute approximate surface area is 125 Å². The van der Waals surface area contributed by atoms with E-state index < -0.39 is 0 Å². The van der Waals surface area contributed by atoms with Crippen LogP contribution in [0.1, 0.15) is 18.9 Å². The molecule has 1 N–H and O–H groups in total. The minimum atomic E-state index is -0.267.